The Balaban J connectivity index is 1.66. The smallest absolute Gasteiger partial charge is 0.157 e. The Morgan fingerprint density at radius 2 is 1.72 bits per heavy atom. The molecule has 142 valence electrons. The zero-order valence-corrected chi connectivity index (χ0v) is 16.2. The van der Waals surface area contributed by atoms with Gasteiger partial charge in [-0.3, -0.25) is 0 Å². The zero-order chi connectivity index (χ0) is 20.0. The summed E-state index contributed by atoms with van der Waals surface area (Å²) in [5.41, 5.74) is 5.64. The molecule has 0 fully saturated rings. The number of benzene rings is 3. The predicted molar refractivity (Wildman–Crippen MR) is 113 cm³/mol. The monoisotopic (exact) mass is 382 g/mol. The molecule has 0 aliphatic heterocycles. The quantitative estimate of drug-likeness (QED) is 0.405. The molecule has 0 aliphatic rings. The highest BCUT2D eigenvalue weighted by Gasteiger charge is 2.17. The van der Waals surface area contributed by atoms with Crippen LogP contribution in [-0.4, -0.2) is 19.3 Å². The van der Waals surface area contributed by atoms with E-state index in [1.54, 1.807) is 17.2 Å². The summed E-state index contributed by atoms with van der Waals surface area (Å²) in [6, 6.07) is 19.5. The Bertz CT molecular complexity index is 1320. The normalized spacial score (nSPS) is 11.3. The van der Waals surface area contributed by atoms with Crippen LogP contribution in [0, 0.1) is 19.7 Å². The molecule has 4 nitrogen and oxygen atoms in total. The minimum absolute atomic E-state index is 0.264. The Morgan fingerprint density at radius 1 is 0.897 bits per heavy atom. The number of aromatic nitrogens is 4. The minimum Gasteiger partial charge on any atom is -0.306 e. The third kappa shape index (κ3) is 2.91. The summed E-state index contributed by atoms with van der Waals surface area (Å²) >= 11 is 0. The predicted octanol–water partition coefficient (Wildman–Crippen LogP) is 5.63. The second kappa shape index (κ2) is 6.71. The molecule has 0 atom stereocenters. The van der Waals surface area contributed by atoms with Gasteiger partial charge in [-0.1, -0.05) is 36.4 Å². The number of aryl methyl sites for hydroxylation is 2. The van der Waals surface area contributed by atoms with Crippen LogP contribution in [0.25, 0.3) is 33.4 Å². The summed E-state index contributed by atoms with van der Waals surface area (Å²) in [6.07, 6.45) is 5.35. The van der Waals surface area contributed by atoms with Gasteiger partial charge in [0.05, 0.1) is 17.7 Å². The van der Waals surface area contributed by atoms with Crippen molar-refractivity contribution in [2.45, 2.75) is 13.8 Å². The Hall–Kier alpha value is -3.73. The van der Waals surface area contributed by atoms with Crippen molar-refractivity contribution >= 4 is 10.9 Å². The van der Waals surface area contributed by atoms with Crippen LogP contribution >= 0.6 is 0 Å². The van der Waals surface area contributed by atoms with E-state index in [4.69, 9.17) is 0 Å². The van der Waals surface area contributed by atoms with Gasteiger partial charge < -0.3 is 4.57 Å². The van der Waals surface area contributed by atoms with Crippen molar-refractivity contribution in [1.82, 2.24) is 19.3 Å². The van der Waals surface area contributed by atoms with E-state index in [1.165, 1.54) is 0 Å². The van der Waals surface area contributed by atoms with Crippen molar-refractivity contribution in [3.05, 3.63) is 96.5 Å². The maximum Gasteiger partial charge on any atom is 0.157 e. The van der Waals surface area contributed by atoms with E-state index in [0.717, 1.165) is 33.6 Å². The van der Waals surface area contributed by atoms with Gasteiger partial charge in [-0.15, -0.1) is 0 Å². The van der Waals surface area contributed by atoms with Gasteiger partial charge in [0.15, 0.2) is 5.82 Å². The van der Waals surface area contributed by atoms with Gasteiger partial charge >= 0.3 is 0 Å². The first-order chi connectivity index (χ1) is 14.1. The highest BCUT2D eigenvalue weighted by atomic mass is 19.1. The molecule has 2 heterocycles. The van der Waals surface area contributed by atoms with Crippen molar-refractivity contribution in [1.29, 1.82) is 0 Å². The third-order valence-corrected chi connectivity index (χ3v) is 5.19. The molecule has 0 aliphatic carbocycles. The first kappa shape index (κ1) is 17.4. The van der Waals surface area contributed by atoms with Gasteiger partial charge in [0.2, 0.25) is 0 Å². The van der Waals surface area contributed by atoms with E-state index in [2.05, 4.69) is 10.1 Å². The first-order valence-corrected chi connectivity index (χ1v) is 9.45. The topological polar surface area (TPSA) is 35.6 Å². The van der Waals surface area contributed by atoms with Gasteiger partial charge in [-0.2, -0.15) is 5.10 Å². The van der Waals surface area contributed by atoms with Crippen molar-refractivity contribution in [2.24, 2.45) is 0 Å². The van der Waals surface area contributed by atoms with E-state index < -0.39 is 0 Å². The van der Waals surface area contributed by atoms with Gasteiger partial charge in [0, 0.05) is 29.0 Å². The lowest BCUT2D eigenvalue weighted by Gasteiger charge is -2.09. The third-order valence-electron chi connectivity index (χ3n) is 5.19. The molecule has 5 heteroatoms. The fourth-order valence-corrected chi connectivity index (χ4v) is 3.71. The van der Waals surface area contributed by atoms with E-state index in [0.29, 0.717) is 11.1 Å². The lowest BCUT2D eigenvalue weighted by molar-refractivity contribution is 0.635. The van der Waals surface area contributed by atoms with Crippen molar-refractivity contribution < 1.29 is 4.39 Å². The SMILES string of the molecule is Cc1cccc(-n2nc(C)c3ccc(-c4ccc(-n5ccnc5)cc4)c(F)c32)c1. The van der Waals surface area contributed by atoms with E-state index in [-0.39, 0.29) is 5.82 Å². The fourth-order valence-electron chi connectivity index (χ4n) is 3.71. The molecule has 2 aromatic heterocycles. The van der Waals surface area contributed by atoms with Gasteiger partial charge in [-0.25, -0.2) is 14.1 Å². The highest BCUT2D eigenvalue weighted by molar-refractivity contribution is 5.89. The summed E-state index contributed by atoms with van der Waals surface area (Å²) in [5, 5.41) is 5.43. The van der Waals surface area contributed by atoms with Crippen LogP contribution in [0.2, 0.25) is 0 Å². The zero-order valence-electron chi connectivity index (χ0n) is 16.2. The van der Waals surface area contributed by atoms with Gasteiger partial charge in [0.1, 0.15) is 5.52 Å². The Kier molecular flexibility index (Phi) is 4.02. The first-order valence-electron chi connectivity index (χ1n) is 9.45. The number of halogens is 1. The largest absolute Gasteiger partial charge is 0.306 e. The molecule has 5 rings (SSSR count). The van der Waals surface area contributed by atoms with Crippen LogP contribution in [0.15, 0.2) is 79.4 Å². The van der Waals surface area contributed by atoms with E-state index in [9.17, 15) is 0 Å². The summed E-state index contributed by atoms with van der Waals surface area (Å²) < 4.78 is 19.3. The molecule has 0 unspecified atom stereocenters. The van der Waals surface area contributed by atoms with Crippen LogP contribution in [0.4, 0.5) is 4.39 Å². The average molecular weight is 382 g/mol. The second-order valence-corrected chi connectivity index (χ2v) is 7.18. The number of imidazole rings is 1. The van der Waals surface area contributed by atoms with Crippen LogP contribution in [-0.2, 0) is 0 Å². The molecular formula is C24H19FN4. The fraction of sp³-hybridized carbons (Fsp3) is 0.0833. The van der Waals surface area contributed by atoms with Gasteiger partial charge in [-0.05, 0) is 49.2 Å². The maximum atomic E-state index is 15.7. The molecule has 0 radical (unpaired) electrons. The minimum atomic E-state index is -0.264. The summed E-state index contributed by atoms with van der Waals surface area (Å²) in [6.45, 7) is 3.93. The highest BCUT2D eigenvalue weighted by Crippen LogP contribution is 2.32. The molecule has 3 aromatic carbocycles. The molecule has 0 saturated heterocycles. The second-order valence-electron chi connectivity index (χ2n) is 7.18. The van der Waals surface area contributed by atoms with Crippen LogP contribution < -0.4 is 0 Å². The number of fused-ring (bicyclic) bond motifs is 1. The lowest BCUT2D eigenvalue weighted by atomic mass is 10.0. The lowest BCUT2D eigenvalue weighted by Crippen LogP contribution is -1.99. The van der Waals surface area contributed by atoms with E-state index in [1.807, 2.05) is 85.3 Å². The van der Waals surface area contributed by atoms with Crippen molar-refractivity contribution in [3.8, 4) is 22.5 Å². The average Bonchev–Trinajstić information content (AvgIpc) is 3.38. The van der Waals surface area contributed by atoms with Crippen LogP contribution in [0.1, 0.15) is 11.3 Å². The molecule has 0 bridgehead atoms. The summed E-state index contributed by atoms with van der Waals surface area (Å²) in [7, 11) is 0. The summed E-state index contributed by atoms with van der Waals surface area (Å²) in [5.74, 6) is -0.264. The van der Waals surface area contributed by atoms with E-state index >= 15 is 4.39 Å². The molecule has 29 heavy (non-hydrogen) atoms. The number of rotatable bonds is 3. The molecule has 0 saturated carbocycles. The Labute approximate surface area is 167 Å². The standard InChI is InChI=1S/C24H19FN4/c1-16-4-3-5-20(14-16)29-24-21(17(2)27-29)10-11-22(23(24)25)18-6-8-19(9-7-18)28-13-12-26-15-28/h3-15H,1-2H3. The molecule has 0 spiro atoms. The van der Waals surface area contributed by atoms with Crippen LogP contribution in [0.5, 0.6) is 0 Å². The number of hydrogen-bond acceptors (Lipinski definition) is 2. The molecular weight excluding hydrogens is 363 g/mol. The molecule has 0 N–H and O–H groups in total. The molecule has 5 aromatic rings. The maximum absolute atomic E-state index is 15.7. The molecule has 0 amide bonds. The Morgan fingerprint density at radius 3 is 2.45 bits per heavy atom. The van der Waals surface area contributed by atoms with Crippen molar-refractivity contribution in [2.75, 3.05) is 0 Å². The van der Waals surface area contributed by atoms with Crippen molar-refractivity contribution in [3.63, 3.8) is 0 Å². The number of nitrogens with zero attached hydrogens (tertiary/aromatic N) is 4. The van der Waals surface area contributed by atoms with Crippen LogP contribution in [0.3, 0.4) is 0 Å². The van der Waals surface area contributed by atoms with Gasteiger partial charge in [0.25, 0.3) is 0 Å². The summed E-state index contributed by atoms with van der Waals surface area (Å²) in [4.78, 5) is 4.07. The number of hydrogen-bond donors (Lipinski definition) is 0.